The molecule has 0 aliphatic carbocycles. The number of carbonyl (C=O) groups is 1. The Bertz CT molecular complexity index is 493. The lowest BCUT2D eigenvalue weighted by molar-refractivity contribution is -0.152. The number of benzene rings is 1. The first-order valence-electron chi connectivity index (χ1n) is 7.17. The van der Waals surface area contributed by atoms with E-state index in [1.807, 2.05) is 13.8 Å². The predicted molar refractivity (Wildman–Crippen MR) is 76.0 cm³/mol. The molecule has 0 aromatic heterocycles. The van der Waals surface area contributed by atoms with Crippen LogP contribution in [-0.4, -0.2) is 29.1 Å². The zero-order valence-corrected chi connectivity index (χ0v) is 12.2. The molecule has 3 nitrogen and oxygen atoms in total. The Morgan fingerprint density at radius 2 is 2.05 bits per heavy atom. The van der Waals surface area contributed by atoms with Gasteiger partial charge in [0.15, 0.2) is 0 Å². The van der Waals surface area contributed by atoms with Crippen LogP contribution >= 0.6 is 0 Å². The second-order valence-electron chi connectivity index (χ2n) is 5.79. The van der Waals surface area contributed by atoms with Crippen molar-refractivity contribution < 1.29 is 14.3 Å². The summed E-state index contributed by atoms with van der Waals surface area (Å²) in [5.41, 5.74) is 1.51. The van der Waals surface area contributed by atoms with Gasteiger partial charge in [-0.15, -0.1) is 0 Å². The van der Waals surface area contributed by atoms with Crippen LogP contribution in [0, 0.1) is 18.2 Å². The van der Waals surface area contributed by atoms with E-state index in [2.05, 4.69) is 4.90 Å². The molecule has 1 heterocycles. The minimum Gasteiger partial charge on any atom is -0.481 e. The van der Waals surface area contributed by atoms with Crippen molar-refractivity contribution >= 4 is 5.97 Å². The summed E-state index contributed by atoms with van der Waals surface area (Å²) in [7, 11) is 0. The van der Waals surface area contributed by atoms with Crippen LogP contribution in [-0.2, 0) is 11.3 Å². The highest BCUT2D eigenvalue weighted by Gasteiger charge is 2.39. The molecule has 1 N–H and O–H groups in total. The molecule has 1 aromatic rings. The van der Waals surface area contributed by atoms with E-state index in [1.165, 1.54) is 6.07 Å². The zero-order chi connectivity index (χ0) is 14.8. The lowest BCUT2D eigenvalue weighted by Crippen LogP contribution is -2.43. The molecular formula is C16H22FNO2. The van der Waals surface area contributed by atoms with E-state index >= 15 is 0 Å². The molecule has 1 aliphatic rings. The molecule has 20 heavy (non-hydrogen) atoms. The molecule has 0 saturated carbocycles. The highest BCUT2D eigenvalue weighted by Crippen LogP contribution is 2.35. The summed E-state index contributed by atoms with van der Waals surface area (Å²) in [4.78, 5) is 13.6. The van der Waals surface area contributed by atoms with E-state index in [0.717, 1.165) is 24.2 Å². The summed E-state index contributed by atoms with van der Waals surface area (Å²) in [6.07, 6.45) is 2.02. The maximum atomic E-state index is 13.3. The Morgan fingerprint density at radius 1 is 1.40 bits per heavy atom. The number of aliphatic carboxylic acids is 1. The number of halogens is 1. The average molecular weight is 279 g/mol. The van der Waals surface area contributed by atoms with Crippen LogP contribution in [0.2, 0.25) is 0 Å². The van der Waals surface area contributed by atoms with E-state index in [1.54, 1.807) is 12.1 Å². The first-order valence-corrected chi connectivity index (χ1v) is 7.17. The molecule has 0 radical (unpaired) electrons. The summed E-state index contributed by atoms with van der Waals surface area (Å²) >= 11 is 0. The van der Waals surface area contributed by atoms with Gasteiger partial charge in [-0.2, -0.15) is 0 Å². The van der Waals surface area contributed by atoms with Crippen LogP contribution in [0.15, 0.2) is 18.2 Å². The first kappa shape index (κ1) is 15.0. The van der Waals surface area contributed by atoms with Gasteiger partial charge < -0.3 is 5.11 Å². The lowest BCUT2D eigenvalue weighted by atomic mass is 9.76. The lowest BCUT2D eigenvalue weighted by Gasteiger charge is -2.38. The molecular weight excluding hydrogens is 257 g/mol. The Morgan fingerprint density at radius 3 is 2.60 bits per heavy atom. The van der Waals surface area contributed by atoms with Crippen molar-refractivity contribution in [3.8, 4) is 0 Å². The summed E-state index contributed by atoms with van der Waals surface area (Å²) in [5.74, 6) is -0.891. The van der Waals surface area contributed by atoms with Gasteiger partial charge in [0, 0.05) is 6.54 Å². The van der Waals surface area contributed by atoms with E-state index in [-0.39, 0.29) is 5.82 Å². The maximum absolute atomic E-state index is 13.3. The number of aryl methyl sites for hydroxylation is 1. The molecule has 0 unspecified atom stereocenters. The molecule has 1 aromatic carbocycles. The minimum absolute atomic E-state index is 0.212. The Hall–Kier alpha value is -1.42. The summed E-state index contributed by atoms with van der Waals surface area (Å²) in [6, 6.07) is 4.85. The van der Waals surface area contributed by atoms with Crippen LogP contribution < -0.4 is 0 Å². The van der Waals surface area contributed by atoms with Gasteiger partial charge in [0.2, 0.25) is 0 Å². The fourth-order valence-corrected chi connectivity index (χ4v) is 2.91. The number of carboxylic acid groups (broad SMARTS) is 1. The second-order valence-corrected chi connectivity index (χ2v) is 5.79. The molecule has 0 bridgehead atoms. The van der Waals surface area contributed by atoms with Gasteiger partial charge in [-0.25, -0.2) is 4.39 Å². The van der Waals surface area contributed by atoms with Gasteiger partial charge in [0.25, 0.3) is 0 Å². The van der Waals surface area contributed by atoms with Crippen LogP contribution in [0.25, 0.3) is 0 Å². The molecule has 0 atom stereocenters. The van der Waals surface area contributed by atoms with Crippen LogP contribution in [0.4, 0.5) is 4.39 Å². The quantitative estimate of drug-likeness (QED) is 0.920. The van der Waals surface area contributed by atoms with E-state index in [4.69, 9.17) is 0 Å². The third kappa shape index (κ3) is 3.01. The van der Waals surface area contributed by atoms with Crippen LogP contribution in [0.1, 0.15) is 37.3 Å². The topological polar surface area (TPSA) is 40.5 Å². The first-order chi connectivity index (χ1) is 9.47. The summed E-state index contributed by atoms with van der Waals surface area (Å²) < 4.78 is 13.3. The van der Waals surface area contributed by atoms with Crippen molar-refractivity contribution in [1.29, 1.82) is 0 Å². The monoisotopic (exact) mass is 279 g/mol. The predicted octanol–water partition coefficient (Wildman–Crippen LogP) is 3.21. The van der Waals surface area contributed by atoms with Gasteiger partial charge >= 0.3 is 5.97 Å². The standard InChI is InChI=1S/C16H22FNO2/c1-3-16(15(19)20)6-8-18(9-7-16)11-13-10-14(17)5-4-12(13)2/h4-5,10H,3,6-9,11H2,1-2H3,(H,19,20). The van der Waals surface area contributed by atoms with E-state index in [0.29, 0.717) is 25.8 Å². The van der Waals surface area contributed by atoms with Gasteiger partial charge in [0.05, 0.1) is 5.41 Å². The van der Waals surface area contributed by atoms with Crippen LogP contribution in [0.5, 0.6) is 0 Å². The van der Waals surface area contributed by atoms with Crippen molar-refractivity contribution in [1.82, 2.24) is 4.90 Å². The fraction of sp³-hybridized carbons (Fsp3) is 0.562. The van der Waals surface area contributed by atoms with Gasteiger partial charge in [-0.05, 0) is 62.5 Å². The Kier molecular flexibility index (Phi) is 4.43. The minimum atomic E-state index is -0.679. The Labute approximate surface area is 119 Å². The summed E-state index contributed by atoms with van der Waals surface area (Å²) in [5, 5.41) is 9.38. The summed E-state index contributed by atoms with van der Waals surface area (Å²) in [6.45, 7) is 6.14. The third-order valence-corrected chi connectivity index (χ3v) is 4.65. The second kappa shape index (κ2) is 5.92. The smallest absolute Gasteiger partial charge is 0.309 e. The molecule has 1 fully saturated rings. The molecule has 4 heteroatoms. The number of likely N-dealkylation sites (tertiary alicyclic amines) is 1. The molecule has 1 saturated heterocycles. The van der Waals surface area contributed by atoms with Gasteiger partial charge in [-0.3, -0.25) is 9.69 Å². The van der Waals surface area contributed by atoms with Gasteiger partial charge in [0.1, 0.15) is 5.82 Å². The highest BCUT2D eigenvalue weighted by atomic mass is 19.1. The molecule has 110 valence electrons. The number of nitrogens with zero attached hydrogens (tertiary/aromatic N) is 1. The maximum Gasteiger partial charge on any atom is 0.309 e. The fourth-order valence-electron chi connectivity index (χ4n) is 2.91. The Balaban J connectivity index is 2.01. The van der Waals surface area contributed by atoms with Crippen LogP contribution in [0.3, 0.4) is 0 Å². The number of rotatable bonds is 4. The molecule has 0 amide bonds. The zero-order valence-electron chi connectivity index (χ0n) is 12.2. The van der Waals surface area contributed by atoms with Gasteiger partial charge in [-0.1, -0.05) is 13.0 Å². The van der Waals surface area contributed by atoms with E-state index < -0.39 is 11.4 Å². The highest BCUT2D eigenvalue weighted by molar-refractivity contribution is 5.74. The molecule has 0 spiro atoms. The largest absolute Gasteiger partial charge is 0.481 e. The van der Waals surface area contributed by atoms with Crippen molar-refractivity contribution in [3.05, 3.63) is 35.1 Å². The SMILES string of the molecule is CCC1(C(=O)O)CCN(Cc2cc(F)ccc2C)CC1. The average Bonchev–Trinajstić information content (AvgIpc) is 2.43. The molecule has 2 rings (SSSR count). The third-order valence-electron chi connectivity index (χ3n) is 4.65. The van der Waals surface area contributed by atoms with Crippen molar-refractivity contribution in [2.24, 2.45) is 5.41 Å². The van der Waals surface area contributed by atoms with E-state index in [9.17, 15) is 14.3 Å². The molecule has 1 aliphatic heterocycles. The van der Waals surface area contributed by atoms with Crippen molar-refractivity contribution in [2.45, 2.75) is 39.7 Å². The number of carboxylic acids is 1. The van der Waals surface area contributed by atoms with Crippen molar-refractivity contribution in [3.63, 3.8) is 0 Å². The number of hydrogen-bond acceptors (Lipinski definition) is 2. The number of piperidine rings is 1. The normalized spacial score (nSPS) is 18.9. The van der Waals surface area contributed by atoms with Crippen molar-refractivity contribution in [2.75, 3.05) is 13.1 Å². The number of hydrogen-bond donors (Lipinski definition) is 1.